The molecule has 0 radical (unpaired) electrons. The van der Waals surface area contributed by atoms with Crippen LogP contribution in [0.5, 0.6) is 0 Å². The highest BCUT2D eigenvalue weighted by atomic mass is 28.3. The molecule has 0 saturated heterocycles. The Kier molecular flexibility index (Phi) is 12.7. The van der Waals surface area contributed by atoms with Gasteiger partial charge in [-0.2, -0.15) is 0 Å². The Morgan fingerprint density at radius 1 is 0.815 bits per heavy atom. The van der Waals surface area contributed by atoms with E-state index in [4.69, 9.17) is 8.85 Å². The summed E-state index contributed by atoms with van der Waals surface area (Å²) >= 11 is 0. The third-order valence-corrected chi connectivity index (χ3v) is 8.40. The highest BCUT2D eigenvalue weighted by molar-refractivity contribution is 6.50. The van der Waals surface area contributed by atoms with E-state index in [2.05, 4.69) is 25.6 Å². The van der Waals surface area contributed by atoms with Gasteiger partial charge in [-0.15, -0.1) is 0 Å². The van der Waals surface area contributed by atoms with E-state index in [1.54, 1.807) is 0 Å². The Labute approximate surface area is 171 Å². The van der Waals surface area contributed by atoms with Crippen LogP contribution in [-0.4, -0.2) is 22.5 Å². The van der Waals surface area contributed by atoms with Crippen LogP contribution in [0.25, 0.3) is 0 Å². The fourth-order valence-electron chi connectivity index (χ4n) is 5.29. The third kappa shape index (κ3) is 9.28. The molecule has 0 atom stereocenters. The van der Waals surface area contributed by atoms with E-state index in [0.29, 0.717) is 0 Å². The molecule has 0 unspecified atom stereocenters. The van der Waals surface area contributed by atoms with E-state index in [1.807, 2.05) is 0 Å². The summed E-state index contributed by atoms with van der Waals surface area (Å²) in [6.45, 7) is 6.03. The van der Waals surface area contributed by atoms with Gasteiger partial charge in [0.1, 0.15) is 0 Å². The molecule has 158 valence electrons. The normalized spacial score (nSPS) is 20.3. The van der Waals surface area contributed by atoms with Crippen LogP contribution < -0.4 is 0 Å². The lowest BCUT2D eigenvalue weighted by atomic mass is 9.68. The first-order chi connectivity index (χ1) is 13.3. The van der Waals surface area contributed by atoms with E-state index in [-0.39, 0.29) is 0 Å². The minimum Gasteiger partial charge on any atom is -0.394 e. The number of hydrogen-bond donors (Lipinski definition) is 0. The van der Waals surface area contributed by atoms with Gasteiger partial charge >= 0.3 is 9.28 Å². The second-order valence-electron chi connectivity index (χ2n) is 8.93. The number of rotatable bonds is 13. The van der Waals surface area contributed by atoms with Gasteiger partial charge in [-0.1, -0.05) is 84.1 Å². The monoisotopic (exact) mass is 394 g/mol. The van der Waals surface area contributed by atoms with E-state index in [0.717, 1.165) is 43.8 Å². The van der Waals surface area contributed by atoms with Crippen LogP contribution in [0.3, 0.4) is 0 Å². The van der Waals surface area contributed by atoms with E-state index in [1.165, 1.54) is 83.5 Å². The predicted octanol–water partition coefficient (Wildman–Crippen LogP) is 7.10. The van der Waals surface area contributed by atoms with Crippen molar-refractivity contribution in [2.24, 2.45) is 17.8 Å². The van der Waals surface area contributed by atoms with Crippen LogP contribution in [0.2, 0.25) is 0 Å². The molecule has 0 aromatic rings. The van der Waals surface area contributed by atoms with Gasteiger partial charge in [-0.3, -0.25) is 0 Å². The van der Waals surface area contributed by atoms with Crippen molar-refractivity contribution in [3.05, 3.63) is 11.8 Å². The molecule has 2 aliphatic carbocycles. The second kappa shape index (κ2) is 14.8. The van der Waals surface area contributed by atoms with E-state index in [9.17, 15) is 0 Å². The quantitative estimate of drug-likeness (QED) is 0.245. The van der Waals surface area contributed by atoms with Crippen molar-refractivity contribution >= 4 is 9.28 Å². The summed E-state index contributed by atoms with van der Waals surface area (Å²) < 4.78 is 11.9. The van der Waals surface area contributed by atoms with Crippen LogP contribution in [0, 0.1) is 17.8 Å². The average molecular weight is 395 g/mol. The second-order valence-corrected chi connectivity index (χ2v) is 10.7. The minimum absolute atomic E-state index is 0.844. The van der Waals surface area contributed by atoms with Gasteiger partial charge in [0.15, 0.2) is 0 Å². The smallest absolute Gasteiger partial charge is 0.348 e. The van der Waals surface area contributed by atoms with E-state index >= 15 is 0 Å². The number of unbranched alkanes of at least 4 members (excludes halogenated alkanes) is 1. The average Bonchev–Trinajstić information content (AvgIpc) is 2.73. The van der Waals surface area contributed by atoms with Crippen LogP contribution in [-0.2, 0) is 8.85 Å². The predicted molar refractivity (Wildman–Crippen MR) is 119 cm³/mol. The molecule has 2 saturated carbocycles. The SMILES string of the molecule is CCCO[SiH](C=CCCCC(C1CCCCC1)C1CCCCC1)OCCC. The molecule has 0 spiro atoms. The maximum absolute atomic E-state index is 5.94. The number of allylic oxidation sites excluding steroid dienone is 1. The lowest BCUT2D eigenvalue weighted by Gasteiger charge is -2.38. The van der Waals surface area contributed by atoms with Crippen molar-refractivity contribution in [2.75, 3.05) is 13.2 Å². The van der Waals surface area contributed by atoms with Gasteiger partial charge in [0.2, 0.25) is 0 Å². The summed E-state index contributed by atoms with van der Waals surface area (Å²) in [5.41, 5.74) is 2.29. The van der Waals surface area contributed by atoms with Crippen LogP contribution >= 0.6 is 0 Å². The molecule has 0 heterocycles. The van der Waals surface area contributed by atoms with Gasteiger partial charge in [-0.05, 0) is 55.6 Å². The van der Waals surface area contributed by atoms with Crippen LogP contribution in [0.1, 0.15) is 110 Å². The lowest BCUT2D eigenvalue weighted by molar-refractivity contribution is 0.133. The first-order valence-electron chi connectivity index (χ1n) is 12.2. The Morgan fingerprint density at radius 2 is 1.33 bits per heavy atom. The largest absolute Gasteiger partial charge is 0.394 e. The van der Waals surface area contributed by atoms with Crippen molar-refractivity contribution in [3.63, 3.8) is 0 Å². The van der Waals surface area contributed by atoms with Crippen molar-refractivity contribution < 1.29 is 8.85 Å². The van der Waals surface area contributed by atoms with Gasteiger partial charge in [0.05, 0.1) is 0 Å². The molecule has 0 aromatic carbocycles. The third-order valence-electron chi connectivity index (χ3n) is 6.68. The Morgan fingerprint density at radius 3 is 1.81 bits per heavy atom. The molecule has 27 heavy (non-hydrogen) atoms. The van der Waals surface area contributed by atoms with Crippen molar-refractivity contribution in [1.29, 1.82) is 0 Å². The van der Waals surface area contributed by atoms with E-state index < -0.39 is 9.28 Å². The first-order valence-corrected chi connectivity index (χ1v) is 13.9. The summed E-state index contributed by atoms with van der Waals surface area (Å²) in [5.74, 6) is 3.09. The lowest BCUT2D eigenvalue weighted by Crippen LogP contribution is -2.27. The molecule has 2 nitrogen and oxygen atoms in total. The molecule has 2 aliphatic rings. The molecular formula is C24H46O2Si. The zero-order chi connectivity index (χ0) is 19.2. The fourth-order valence-corrected chi connectivity index (χ4v) is 6.96. The van der Waals surface area contributed by atoms with Crippen LogP contribution in [0.15, 0.2) is 11.8 Å². The highest BCUT2D eigenvalue weighted by Gasteiger charge is 2.30. The topological polar surface area (TPSA) is 18.5 Å². The molecule has 0 N–H and O–H groups in total. The summed E-state index contributed by atoms with van der Waals surface area (Å²) in [7, 11) is -1.57. The first kappa shape index (κ1) is 23.2. The maximum Gasteiger partial charge on any atom is 0.348 e. The van der Waals surface area contributed by atoms with Gasteiger partial charge in [0.25, 0.3) is 0 Å². The Balaban J connectivity index is 1.77. The van der Waals surface area contributed by atoms with Crippen molar-refractivity contribution in [3.8, 4) is 0 Å². The number of hydrogen-bond acceptors (Lipinski definition) is 2. The van der Waals surface area contributed by atoms with Gasteiger partial charge in [-0.25, -0.2) is 0 Å². The Hall–Kier alpha value is -0.123. The van der Waals surface area contributed by atoms with Gasteiger partial charge < -0.3 is 8.85 Å². The summed E-state index contributed by atoms with van der Waals surface area (Å²) in [6.07, 6.45) is 23.6. The summed E-state index contributed by atoms with van der Waals surface area (Å²) in [6, 6.07) is 0. The minimum atomic E-state index is -1.57. The summed E-state index contributed by atoms with van der Waals surface area (Å²) in [4.78, 5) is 0. The Bertz CT molecular complexity index is 347. The molecule has 0 amide bonds. The van der Waals surface area contributed by atoms with Crippen molar-refractivity contribution in [1.82, 2.24) is 0 Å². The molecule has 0 aromatic heterocycles. The molecular weight excluding hydrogens is 348 g/mol. The zero-order valence-corrected chi connectivity index (χ0v) is 19.5. The molecule has 3 heteroatoms. The standard InChI is InChI=1S/C24H46O2Si/c1-3-19-25-27(26-20-4-2)21-13-7-12-18-24(22-14-8-5-9-15-22)23-16-10-6-11-17-23/h13,21-24,27H,3-12,14-20H2,1-2H3. The molecule has 2 rings (SSSR count). The molecule has 2 fully saturated rings. The molecule has 0 bridgehead atoms. The van der Waals surface area contributed by atoms with Gasteiger partial charge in [0, 0.05) is 13.2 Å². The summed E-state index contributed by atoms with van der Waals surface area (Å²) in [5, 5.41) is 0. The van der Waals surface area contributed by atoms with Crippen molar-refractivity contribution in [2.45, 2.75) is 110 Å². The zero-order valence-electron chi connectivity index (χ0n) is 18.3. The highest BCUT2D eigenvalue weighted by Crippen LogP contribution is 2.42. The molecule has 0 aliphatic heterocycles. The fraction of sp³-hybridized carbons (Fsp3) is 0.917. The van der Waals surface area contributed by atoms with Crippen LogP contribution in [0.4, 0.5) is 0 Å². The maximum atomic E-state index is 5.94.